The number of imidazole rings is 1. The van der Waals surface area contributed by atoms with Crippen LogP contribution in [0.25, 0.3) is 10.9 Å². The van der Waals surface area contributed by atoms with Crippen LogP contribution >= 0.6 is 11.6 Å². The molecule has 0 saturated carbocycles. The molecule has 0 saturated heterocycles. The van der Waals surface area contributed by atoms with Crippen molar-refractivity contribution in [3.05, 3.63) is 95.2 Å². The smallest absolute Gasteiger partial charge is 0.270 e. The zero-order valence-corrected chi connectivity index (χ0v) is 15.4. The highest BCUT2D eigenvalue weighted by atomic mass is 35.5. The van der Waals surface area contributed by atoms with Crippen molar-refractivity contribution in [3.63, 3.8) is 0 Å². The normalized spacial score (nSPS) is 12.1. The van der Waals surface area contributed by atoms with Gasteiger partial charge in [-0.25, -0.2) is 9.97 Å². The molecule has 0 radical (unpaired) electrons. The Morgan fingerprint density at radius 1 is 1.07 bits per heavy atom. The Kier molecular flexibility index (Phi) is 4.60. The number of nitrogens with zero attached hydrogens (tertiary/aromatic N) is 3. The van der Waals surface area contributed by atoms with E-state index in [0.717, 1.165) is 22.3 Å². The van der Waals surface area contributed by atoms with Crippen LogP contribution in [0, 0.1) is 0 Å². The maximum absolute atomic E-state index is 12.9. The monoisotopic (exact) mass is 376 g/mol. The number of rotatable bonds is 4. The van der Waals surface area contributed by atoms with Crippen LogP contribution in [-0.4, -0.2) is 20.4 Å². The summed E-state index contributed by atoms with van der Waals surface area (Å²) in [7, 11) is 1.89. The van der Waals surface area contributed by atoms with E-state index in [-0.39, 0.29) is 5.91 Å². The van der Waals surface area contributed by atoms with Gasteiger partial charge in [-0.15, -0.1) is 0 Å². The third-order valence-corrected chi connectivity index (χ3v) is 4.68. The molecule has 4 rings (SSSR count). The fourth-order valence-corrected chi connectivity index (χ4v) is 3.13. The minimum Gasteiger partial charge on any atom is -0.337 e. The Bertz CT molecular complexity index is 1100. The van der Waals surface area contributed by atoms with Gasteiger partial charge in [-0.1, -0.05) is 48.0 Å². The predicted molar refractivity (Wildman–Crippen MR) is 106 cm³/mol. The lowest BCUT2D eigenvalue weighted by Crippen LogP contribution is -2.31. The molecule has 0 aliphatic carbocycles. The molecule has 27 heavy (non-hydrogen) atoms. The number of pyridine rings is 1. The van der Waals surface area contributed by atoms with Crippen LogP contribution in [0.2, 0.25) is 5.02 Å². The van der Waals surface area contributed by atoms with E-state index in [0.29, 0.717) is 10.7 Å². The van der Waals surface area contributed by atoms with E-state index in [1.807, 2.05) is 60.3 Å². The van der Waals surface area contributed by atoms with Gasteiger partial charge in [-0.2, -0.15) is 0 Å². The lowest BCUT2D eigenvalue weighted by molar-refractivity contribution is 0.0936. The molecule has 1 amide bonds. The van der Waals surface area contributed by atoms with Crippen LogP contribution < -0.4 is 5.32 Å². The highest BCUT2D eigenvalue weighted by Gasteiger charge is 2.22. The number of nitrogens with one attached hydrogen (secondary N) is 1. The average Bonchev–Trinajstić information content (AvgIpc) is 3.12. The fourth-order valence-electron chi connectivity index (χ4n) is 3.01. The molecular weight excluding hydrogens is 360 g/mol. The predicted octanol–water partition coefficient (Wildman–Crippen LogP) is 4.14. The van der Waals surface area contributed by atoms with Gasteiger partial charge in [-0.05, 0) is 29.8 Å². The van der Waals surface area contributed by atoms with Crippen molar-refractivity contribution in [1.29, 1.82) is 0 Å². The molecule has 134 valence electrons. The van der Waals surface area contributed by atoms with Crippen LogP contribution in [0.3, 0.4) is 0 Å². The van der Waals surface area contributed by atoms with Crippen molar-refractivity contribution in [2.24, 2.45) is 7.05 Å². The first-order valence-electron chi connectivity index (χ1n) is 8.51. The van der Waals surface area contributed by atoms with Gasteiger partial charge >= 0.3 is 0 Å². The van der Waals surface area contributed by atoms with Crippen LogP contribution in [0.4, 0.5) is 0 Å². The first-order chi connectivity index (χ1) is 13.1. The quantitative estimate of drug-likeness (QED) is 0.582. The second kappa shape index (κ2) is 7.21. The summed E-state index contributed by atoms with van der Waals surface area (Å²) in [6, 6.07) is 18.3. The molecule has 0 bridgehead atoms. The van der Waals surface area contributed by atoms with Gasteiger partial charge in [0.2, 0.25) is 0 Å². The molecule has 0 aliphatic heterocycles. The molecule has 6 heteroatoms. The van der Waals surface area contributed by atoms with Crippen LogP contribution in [0.5, 0.6) is 0 Å². The second-order valence-electron chi connectivity index (χ2n) is 6.24. The number of para-hydroxylation sites is 1. The Hall–Kier alpha value is -3.18. The molecule has 1 N–H and O–H groups in total. The van der Waals surface area contributed by atoms with E-state index >= 15 is 0 Å². The average molecular weight is 377 g/mol. The second-order valence-corrected chi connectivity index (χ2v) is 6.68. The summed E-state index contributed by atoms with van der Waals surface area (Å²) in [5.41, 5.74) is 2.04. The number of hydrogen-bond acceptors (Lipinski definition) is 3. The summed E-state index contributed by atoms with van der Waals surface area (Å²) in [4.78, 5) is 21.8. The summed E-state index contributed by atoms with van der Waals surface area (Å²) in [6.45, 7) is 0. The molecule has 2 aromatic heterocycles. The maximum Gasteiger partial charge on any atom is 0.270 e. The first kappa shape index (κ1) is 17.2. The van der Waals surface area contributed by atoms with Crippen molar-refractivity contribution in [3.8, 4) is 0 Å². The van der Waals surface area contributed by atoms with E-state index in [1.54, 1.807) is 24.4 Å². The van der Waals surface area contributed by atoms with Gasteiger partial charge in [0, 0.05) is 29.9 Å². The Morgan fingerprint density at radius 2 is 1.85 bits per heavy atom. The molecule has 0 unspecified atom stereocenters. The number of hydrogen-bond donors (Lipinski definition) is 1. The highest BCUT2D eigenvalue weighted by Crippen LogP contribution is 2.23. The van der Waals surface area contributed by atoms with E-state index in [2.05, 4.69) is 15.3 Å². The standard InChI is InChI=1S/C21H17ClN4O/c1-26-13-12-23-20(26)19(15-6-9-16(22)10-7-15)25-21(27)18-11-8-14-4-2-3-5-17(14)24-18/h2-13,19H,1H3,(H,25,27)/t19-/m0/s1. The summed E-state index contributed by atoms with van der Waals surface area (Å²) in [6.07, 6.45) is 3.55. The molecule has 2 heterocycles. The lowest BCUT2D eigenvalue weighted by atomic mass is 10.1. The Morgan fingerprint density at radius 3 is 2.59 bits per heavy atom. The summed E-state index contributed by atoms with van der Waals surface area (Å²) >= 11 is 6.01. The van der Waals surface area contributed by atoms with E-state index in [4.69, 9.17) is 11.6 Å². The molecule has 1 atom stereocenters. The summed E-state index contributed by atoms with van der Waals surface area (Å²) < 4.78 is 1.88. The number of fused-ring (bicyclic) bond motifs is 1. The zero-order chi connectivity index (χ0) is 18.8. The van der Waals surface area contributed by atoms with Gasteiger partial charge in [0.1, 0.15) is 17.6 Å². The number of amides is 1. The molecule has 4 aromatic rings. The number of aromatic nitrogens is 3. The van der Waals surface area contributed by atoms with Gasteiger partial charge in [0.15, 0.2) is 0 Å². The van der Waals surface area contributed by atoms with E-state index in [1.165, 1.54) is 0 Å². The van der Waals surface area contributed by atoms with Gasteiger partial charge in [-0.3, -0.25) is 4.79 Å². The van der Waals surface area contributed by atoms with Crippen LogP contribution in [0.15, 0.2) is 73.1 Å². The molecule has 5 nitrogen and oxygen atoms in total. The number of aryl methyl sites for hydroxylation is 1. The lowest BCUT2D eigenvalue weighted by Gasteiger charge is -2.19. The third-order valence-electron chi connectivity index (χ3n) is 4.43. The molecule has 0 aliphatic rings. The topological polar surface area (TPSA) is 59.8 Å². The fraction of sp³-hybridized carbons (Fsp3) is 0.0952. The third kappa shape index (κ3) is 3.55. The van der Waals surface area contributed by atoms with Crippen LogP contribution in [0.1, 0.15) is 27.9 Å². The minimum atomic E-state index is -0.414. The van der Waals surface area contributed by atoms with Crippen molar-refractivity contribution < 1.29 is 4.79 Å². The zero-order valence-electron chi connectivity index (χ0n) is 14.6. The Balaban J connectivity index is 1.69. The maximum atomic E-state index is 12.9. The van der Waals surface area contributed by atoms with Gasteiger partial charge in [0.05, 0.1) is 5.52 Å². The van der Waals surface area contributed by atoms with E-state index in [9.17, 15) is 4.79 Å². The Labute approximate surface area is 161 Å². The molecule has 2 aromatic carbocycles. The number of benzene rings is 2. The van der Waals surface area contributed by atoms with Gasteiger partial charge < -0.3 is 9.88 Å². The number of carbonyl (C=O) groups excluding carboxylic acids is 1. The summed E-state index contributed by atoms with van der Waals surface area (Å²) in [5.74, 6) is 0.468. The van der Waals surface area contributed by atoms with Gasteiger partial charge in [0.25, 0.3) is 5.91 Å². The molecular formula is C21H17ClN4O. The van der Waals surface area contributed by atoms with Crippen molar-refractivity contribution in [1.82, 2.24) is 19.9 Å². The van der Waals surface area contributed by atoms with Crippen LogP contribution in [-0.2, 0) is 7.05 Å². The SMILES string of the molecule is Cn1ccnc1[C@@H](NC(=O)c1ccc2ccccc2n1)c1ccc(Cl)cc1. The largest absolute Gasteiger partial charge is 0.337 e. The van der Waals surface area contributed by atoms with Crippen molar-refractivity contribution in [2.45, 2.75) is 6.04 Å². The van der Waals surface area contributed by atoms with E-state index < -0.39 is 6.04 Å². The van der Waals surface area contributed by atoms with Crippen molar-refractivity contribution >= 4 is 28.4 Å². The summed E-state index contributed by atoms with van der Waals surface area (Å²) in [5, 5.41) is 4.68. The number of carbonyl (C=O) groups is 1. The van der Waals surface area contributed by atoms with Crippen molar-refractivity contribution in [2.75, 3.05) is 0 Å². The number of halogens is 1. The molecule has 0 spiro atoms. The highest BCUT2D eigenvalue weighted by molar-refractivity contribution is 6.30. The minimum absolute atomic E-state index is 0.260. The first-order valence-corrected chi connectivity index (χ1v) is 8.89. The molecule has 0 fully saturated rings.